The molecule has 1 amide bonds. The van der Waals surface area contributed by atoms with Gasteiger partial charge in [0.2, 0.25) is 0 Å². The molecule has 0 aliphatic carbocycles. The van der Waals surface area contributed by atoms with Gasteiger partial charge < -0.3 is 10.3 Å². The molecule has 33 heavy (non-hydrogen) atoms. The lowest BCUT2D eigenvalue weighted by Crippen LogP contribution is -2.23. The van der Waals surface area contributed by atoms with Crippen LogP contribution in [-0.2, 0) is 16.4 Å². The first-order valence-corrected chi connectivity index (χ1v) is 12.2. The highest BCUT2D eigenvalue weighted by atomic mass is 32.2. The Morgan fingerprint density at radius 1 is 1.09 bits per heavy atom. The number of carbonyl (C=O) groups is 1. The number of aromatic nitrogens is 3. The van der Waals surface area contributed by atoms with Crippen molar-refractivity contribution in [3.63, 3.8) is 0 Å². The van der Waals surface area contributed by atoms with E-state index in [2.05, 4.69) is 26.3 Å². The minimum Gasteiger partial charge on any atom is -0.348 e. The molecule has 0 aliphatic heterocycles. The van der Waals surface area contributed by atoms with Gasteiger partial charge in [-0.25, -0.2) is 18.4 Å². The highest BCUT2D eigenvalue weighted by Gasteiger charge is 2.19. The van der Waals surface area contributed by atoms with Crippen molar-refractivity contribution in [3.05, 3.63) is 77.1 Å². The fraction of sp³-hybridized carbons (Fsp3) is 0.240. The number of nitrogens with one attached hydrogen (secondary N) is 2. The molecule has 7 nitrogen and oxygen atoms in total. The van der Waals surface area contributed by atoms with Crippen LogP contribution in [0.3, 0.4) is 0 Å². The predicted octanol–water partition coefficient (Wildman–Crippen LogP) is 4.35. The van der Waals surface area contributed by atoms with E-state index in [0.717, 1.165) is 16.7 Å². The molecule has 0 saturated heterocycles. The summed E-state index contributed by atoms with van der Waals surface area (Å²) >= 11 is 0. The summed E-state index contributed by atoms with van der Waals surface area (Å²) in [6, 6.07) is 12.7. The summed E-state index contributed by atoms with van der Waals surface area (Å²) in [4.78, 5) is 25.2. The number of benzene rings is 2. The van der Waals surface area contributed by atoms with Gasteiger partial charge in [-0.1, -0.05) is 35.9 Å². The van der Waals surface area contributed by atoms with Gasteiger partial charge >= 0.3 is 0 Å². The molecule has 2 aromatic heterocycles. The van der Waals surface area contributed by atoms with E-state index in [1.165, 1.54) is 5.56 Å². The van der Waals surface area contributed by atoms with E-state index in [0.29, 0.717) is 29.0 Å². The number of H-pyrrole nitrogens is 1. The van der Waals surface area contributed by atoms with Crippen LogP contribution in [0.1, 0.15) is 40.9 Å². The van der Waals surface area contributed by atoms with Gasteiger partial charge in [-0.15, -0.1) is 0 Å². The molecule has 2 N–H and O–H groups in total. The van der Waals surface area contributed by atoms with Crippen molar-refractivity contribution < 1.29 is 13.2 Å². The van der Waals surface area contributed by atoms with Crippen LogP contribution in [0.25, 0.3) is 22.4 Å². The van der Waals surface area contributed by atoms with Crippen molar-refractivity contribution in [2.24, 2.45) is 0 Å². The van der Waals surface area contributed by atoms with Gasteiger partial charge in [0.05, 0.1) is 27.6 Å². The van der Waals surface area contributed by atoms with E-state index >= 15 is 0 Å². The van der Waals surface area contributed by atoms with E-state index in [9.17, 15) is 13.2 Å². The van der Waals surface area contributed by atoms with Gasteiger partial charge in [0.15, 0.2) is 15.5 Å². The van der Waals surface area contributed by atoms with Crippen LogP contribution in [0.5, 0.6) is 0 Å². The van der Waals surface area contributed by atoms with E-state index in [1.54, 1.807) is 50.5 Å². The topological polar surface area (TPSA) is 105 Å². The van der Waals surface area contributed by atoms with Crippen LogP contribution in [0.15, 0.2) is 59.8 Å². The minimum atomic E-state index is -3.35. The van der Waals surface area contributed by atoms with Crippen LogP contribution < -0.4 is 5.32 Å². The molecule has 0 atom stereocenters. The number of rotatable bonds is 6. The first-order chi connectivity index (χ1) is 15.7. The SMILES string of the molecule is Cc1ccc(CNC(=O)c2c[nH]c3ncc(-c4ccc(S(=O)(=O)C(C)C)cc4)nc23)c(C)c1. The second-order valence-electron chi connectivity index (χ2n) is 8.39. The van der Waals surface area contributed by atoms with E-state index in [-0.39, 0.29) is 10.8 Å². The van der Waals surface area contributed by atoms with Crippen LogP contribution in [0, 0.1) is 13.8 Å². The Kier molecular flexibility index (Phi) is 6.03. The minimum absolute atomic E-state index is 0.244. The maximum absolute atomic E-state index is 12.9. The molecule has 0 bridgehead atoms. The molecule has 0 saturated carbocycles. The lowest BCUT2D eigenvalue weighted by molar-refractivity contribution is 0.0952. The molecule has 2 aromatic carbocycles. The van der Waals surface area contributed by atoms with Gasteiger partial charge in [-0.05, 0) is 51.0 Å². The molecular formula is C25H26N4O3S. The predicted molar refractivity (Wildman–Crippen MR) is 129 cm³/mol. The van der Waals surface area contributed by atoms with Crippen molar-refractivity contribution in [1.82, 2.24) is 20.3 Å². The largest absolute Gasteiger partial charge is 0.348 e. The zero-order chi connectivity index (χ0) is 23.8. The van der Waals surface area contributed by atoms with Crippen molar-refractivity contribution >= 4 is 26.9 Å². The second-order valence-corrected chi connectivity index (χ2v) is 10.9. The van der Waals surface area contributed by atoms with Gasteiger partial charge in [-0.3, -0.25) is 4.79 Å². The third-order valence-electron chi connectivity index (χ3n) is 5.66. The Hall–Kier alpha value is -3.52. The average molecular weight is 463 g/mol. The first-order valence-electron chi connectivity index (χ1n) is 10.7. The molecule has 0 unspecified atom stereocenters. The monoisotopic (exact) mass is 462 g/mol. The summed E-state index contributed by atoms with van der Waals surface area (Å²) in [6.07, 6.45) is 3.20. The van der Waals surface area contributed by atoms with Crippen molar-refractivity contribution in [2.45, 2.75) is 44.4 Å². The second kappa shape index (κ2) is 8.78. The van der Waals surface area contributed by atoms with Crippen LogP contribution in [0.2, 0.25) is 0 Å². The summed E-state index contributed by atoms with van der Waals surface area (Å²) in [7, 11) is -3.35. The Morgan fingerprint density at radius 3 is 2.48 bits per heavy atom. The zero-order valence-electron chi connectivity index (χ0n) is 19.0. The highest BCUT2D eigenvalue weighted by molar-refractivity contribution is 7.92. The summed E-state index contributed by atoms with van der Waals surface area (Å²) in [5.41, 5.74) is 6.00. The third kappa shape index (κ3) is 4.52. The van der Waals surface area contributed by atoms with E-state index < -0.39 is 15.1 Å². The Bertz CT molecular complexity index is 1440. The number of aryl methyl sites for hydroxylation is 2. The van der Waals surface area contributed by atoms with Gasteiger partial charge in [0, 0.05) is 18.3 Å². The summed E-state index contributed by atoms with van der Waals surface area (Å²) < 4.78 is 24.7. The van der Waals surface area contributed by atoms with E-state index in [1.807, 2.05) is 26.0 Å². The summed E-state index contributed by atoms with van der Waals surface area (Å²) in [5.74, 6) is -0.244. The number of fused-ring (bicyclic) bond motifs is 1. The fourth-order valence-electron chi connectivity index (χ4n) is 3.61. The molecule has 0 aliphatic rings. The van der Waals surface area contributed by atoms with Crippen molar-refractivity contribution in [2.75, 3.05) is 0 Å². The standard InChI is InChI=1S/C25H26N4O3S/c1-15(2)33(31,32)20-9-7-18(8-10-20)22-14-27-24-23(29-22)21(13-26-24)25(30)28-12-19-6-5-16(3)11-17(19)4/h5-11,13-15H,12H2,1-4H3,(H,26,27)(H,28,30). The summed E-state index contributed by atoms with van der Waals surface area (Å²) in [6.45, 7) is 7.78. The van der Waals surface area contributed by atoms with Crippen molar-refractivity contribution in [1.29, 1.82) is 0 Å². The number of amides is 1. The average Bonchev–Trinajstić information content (AvgIpc) is 3.21. The number of nitrogens with zero attached hydrogens (tertiary/aromatic N) is 2. The van der Waals surface area contributed by atoms with E-state index in [4.69, 9.17) is 0 Å². The van der Waals surface area contributed by atoms with Crippen LogP contribution in [0.4, 0.5) is 0 Å². The third-order valence-corrected chi connectivity index (χ3v) is 7.83. The fourth-order valence-corrected chi connectivity index (χ4v) is 4.67. The Morgan fingerprint density at radius 2 is 1.82 bits per heavy atom. The van der Waals surface area contributed by atoms with Crippen molar-refractivity contribution in [3.8, 4) is 11.3 Å². The van der Waals surface area contributed by atoms with Gasteiger partial charge in [0.25, 0.3) is 5.91 Å². The lowest BCUT2D eigenvalue weighted by atomic mass is 10.1. The van der Waals surface area contributed by atoms with Gasteiger partial charge in [0.1, 0.15) is 5.52 Å². The molecule has 0 spiro atoms. The molecule has 0 fully saturated rings. The van der Waals surface area contributed by atoms with Crippen LogP contribution in [-0.4, -0.2) is 34.5 Å². The highest BCUT2D eigenvalue weighted by Crippen LogP contribution is 2.24. The van der Waals surface area contributed by atoms with Gasteiger partial charge in [-0.2, -0.15) is 0 Å². The number of hydrogen-bond donors (Lipinski definition) is 2. The van der Waals surface area contributed by atoms with Crippen LogP contribution >= 0.6 is 0 Å². The molecular weight excluding hydrogens is 436 g/mol. The number of carbonyl (C=O) groups excluding carboxylic acids is 1. The Balaban J connectivity index is 1.59. The molecule has 170 valence electrons. The number of hydrogen-bond acceptors (Lipinski definition) is 5. The molecule has 0 radical (unpaired) electrons. The maximum atomic E-state index is 12.9. The maximum Gasteiger partial charge on any atom is 0.255 e. The molecule has 2 heterocycles. The Labute approximate surface area is 193 Å². The smallest absolute Gasteiger partial charge is 0.255 e. The normalized spacial score (nSPS) is 11.8. The first kappa shape index (κ1) is 22.7. The molecule has 4 rings (SSSR count). The quantitative estimate of drug-likeness (QED) is 0.443. The number of sulfone groups is 1. The number of aromatic amines is 1. The molecule has 8 heteroatoms. The zero-order valence-corrected chi connectivity index (χ0v) is 19.8. The lowest BCUT2D eigenvalue weighted by Gasteiger charge is -2.09. The molecule has 4 aromatic rings. The summed E-state index contributed by atoms with van der Waals surface area (Å²) in [5, 5.41) is 2.46.